The summed E-state index contributed by atoms with van der Waals surface area (Å²) in [5.41, 5.74) is 8.47. The average Bonchev–Trinajstić information content (AvgIpc) is 3.24. The number of nitrogens with zero attached hydrogens (tertiary/aromatic N) is 2. The molecule has 1 aromatic carbocycles. The number of nitrogens with two attached hydrogens (primary N) is 1. The number of primary amides is 1. The lowest BCUT2D eigenvalue weighted by atomic mass is 9.80. The zero-order valence-corrected chi connectivity index (χ0v) is 19.0. The highest BCUT2D eigenvalue weighted by Crippen LogP contribution is 2.44. The van der Waals surface area contributed by atoms with Crippen LogP contribution >= 0.6 is 11.6 Å². The molecule has 1 saturated carbocycles. The molecule has 2 aromatic heterocycles. The van der Waals surface area contributed by atoms with E-state index in [9.17, 15) is 9.59 Å². The van der Waals surface area contributed by atoms with Gasteiger partial charge in [0.2, 0.25) is 0 Å². The summed E-state index contributed by atoms with van der Waals surface area (Å²) in [7, 11) is 0. The van der Waals surface area contributed by atoms with Gasteiger partial charge in [0.1, 0.15) is 0 Å². The van der Waals surface area contributed by atoms with E-state index in [1.54, 1.807) is 41.0 Å². The molecule has 1 fully saturated rings. The molecule has 0 aliphatic heterocycles. The fraction of sp³-hybridized carbons (Fsp3) is 0.348. The number of halogens is 1. The van der Waals surface area contributed by atoms with Gasteiger partial charge in [-0.3, -0.25) is 4.79 Å². The summed E-state index contributed by atoms with van der Waals surface area (Å²) in [5, 5.41) is 14.0. The van der Waals surface area contributed by atoms with Crippen molar-refractivity contribution >= 4 is 46.1 Å². The molecule has 4 rings (SSSR count). The van der Waals surface area contributed by atoms with Crippen LogP contribution < -0.4 is 21.7 Å². The van der Waals surface area contributed by atoms with Gasteiger partial charge in [-0.05, 0) is 54.5 Å². The number of anilines is 3. The Hall–Kier alpha value is -3.26. The third kappa shape index (κ3) is 4.23. The van der Waals surface area contributed by atoms with Crippen LogP contribution in [-0.4, -0.2) is 27.6 Å². The first-order valence-corrected chi connectivity index (χ1v) is 10.9. The van der Waals surface area contributed by atoms with Gasteiger partial charge in [0.05, 0.1) is 34.8 Å². The summed E-state index contributed by atoms with van der Waals surface area (Å²) >= 11 is 5.88. The standard InChI is InChI=1S/C23H27ClN6O2/c1-13-4-9-19(23(13,2)3)29-20-17(21(25)31)11-26-30-12-16(10-18(20)30)28-22(32)27-15-7-5-14(24)6-8-15/h5-8,10-13,19,29H,4,9H2,1-3H3,(H2,25,31)(H2,27,28,32). The molecule has 2 unspecified atom stereocenters. The van der Waals surface area contributed by atoms with E-state index in [1.165, 1.54) is 6.20 Å². The maximum Gasteiger partial charge on any atom is 0.323 e. The van der Waals surface area contributed by atoms with Gasteiger partial charge in [-0.25, -0.2) is 9.31 Å². The number of hydrogen-bond donors (Lipinski definition) is 4. The van der Waals surface area contributed by atoms with Crippen molar-refractivity contribution in [2.45, 2.75) is 39.7 Å². The van der Waals surface area contributed by atoms with E-state index in [0.717, 1.165) is 12.8 Å². The second-order valence-electron chi connectivity index (χ2n) is 8.94. The Morgan fingerprint density at radius 3 is 2.47 bits per heavy atom. The lowest BCUT2D eigenvalue weighted by molar-refractivity contribution is 0.100. The van der Waals surface area contributed by atoms with Crippen LogP contribution in [-0.2, 0) is 0 Å². The van der Waals surface area contributed by atoms with E-state index in [-0.39, 0.29) is 11.5 Å². The number of benzene rings is 1. The SMILES string of the molecule is CC1CCC(Nc2c(C(N)=O)cnn3cc(NC(=O)Nc4ccc(Cl)cc4)cc23)C1(C)C. The number of hydrogen-bond acceptors (Lipinski definition) is 4. The van der Waals surface area contributed by atoms with Crippen molar-refractivity contribution in [2.24, 2.45) is 17.1 Å². The molecule has 1 aliphatic carbocycles. The van der Waals surface area contributed by atoms with E-state index < -0.39 is 11.9 Å². The number of fused-ring (bicyclic) bond motifs is 1. The van der Waals surface area contributed by atoms with Gasteiger partial charge in [0.25, 0.3) is 5.91 Å². The van der Waals surface area contributed by atoms with Gasteiger partial charge in [-0.2, -0.15) is 5.10 Å². The Morgan fingerprint density at radius 1 is 1.16 bits per heavy atom. The number of amides is 3. The molecular weight excluding hydrogens is 428 g/mol. The second-order valence-corrected chi connectivity index (χ2v) is 9.38. The smallest absolute Gasteiger partial charge is 0.323 e. The Bertz CT molecular complexity index is 1170. The Morgan fingerprint density at radius 2 is 1.84 bits per heavy atom. The molecule has 0 spiro atoms. The van der Waals surface area contributed by atoms with Crippen molar-refractivity contribution in [1.82, 2.24) is 9.61 Å². The summed E-state index contributed by atoms with van der Waals surface area (Å²) in [5.74, 6) is -0.00185. The largest absolute Gasteiger partial charge is 0.379 e. The highest BCUT2D eigenvalue weighted by atomic mass is 35.5. The molecule has 3 aromatic rings. The molecule has 5 N–H and O–H groups in total. The van der Waals surface area contributed by atoms with Crippen molar-refractivity contribution in [1.29, 1.82) is 0 Å². The maximum atomic E-state index is 12.4. The van der Waals surface area contributed by atoms with E-state index in [2.05, 4.69) is 41.8 Å². The predicted molar refractivity (Wildman–Crippen MR) is 127 cm³/mol. The first-order valence-electron chi connectivity index (χ1n) is 10.6. The monoisotopic (exact) mass is 454 g/mol. The van der Waals surface area contributed by atoms with Gasteiger partial charge in [-0.15, -0.1) is 0 Å². The number of aromatic nitrogens is 2. The minimum atomic E-state index is -0.553. The highest BCUT2D eigenvalue weighted by Gasteiger charge is 2.41. The Labute approximate surface area is 191 Å². The molecule has 2 atom stereocenters. The number of nitrogens with one attached hydrogen (secondary N) is 3. The van der Waals surface area contributed by atoms with Crippen LogP contribution in [0.3, 0.4) is 0 Å². The number of carbonyl (C=O) groups excluding carboxylic acids is 2. The molecule has 1 aliphatic rings. The average molecular weight is 455 g/mol. The number of urea groups is 1. The van der Waals surface area contributed by atoms with Crippen LogP contribution in [0.1, 0.15) is 44.0 Å². The fourth-order valence-corrected chi connectivity index (χ4v) is 4.35. The quantitative estimate of drug-likeness (QED) is 0.436. The predicted octanol–water partition coefficient (Wildman–Crippen LogP) is 4.97. The molecule has 9 heteroatoms. The van der Waals surface area contributed by atoms with Gasteiger partial charge in [-0.1, -0.05) is 32.4 Å². The molecule has 0 bridgehead atoms. The normalized spacial score (nSPS) is 19.6. The third-order valence-corrected chi connectivity index (χ3v) is 6.89. The topological polar surface area (TPSA) is 114 Å². The first-order chi connectivity index (χ1) is 15.1. The minimum Gasteiger partial charge on any atom is -0.379 e. The van der Waals surface area contributed by atoms with E-state index in [1.807, 2.05) is 0 Å². The van der Waals surface area contributed by atoms with Gasteiger partial charge >= 0.3 is 6.03 Å². The molecule has 168 valence electrons. The van der Waals surface area contributed by atoms with Crippen LogP contribution in [0.15, 0.2) is 42.7 Å². The third-order valence-electron chi connectivity index (χ3n) is 6.64. The summed E-state index contributed by atoms with van der Waals surface area (Å²) in [6.45, 7) is 6.71. The van der Waals surface area contributed by atoms with Crippen LogP contribution in [0.2, 0.25) is 5.02 Å². The summed E-state index contributed by atoms with van der Waals surface area (Å²) in [6, 6.07) is 8.37. The van der Waals surface area contributed by atoms with Crippen molar-refractivity contribution in [3.8, 4) is 0 Å². The lowest BCUT2D eigenvalue weighted by Crippen LogP contribution is -2.35. The zero-order valence-electron chi connectivity index (χ0n) is 18.3. The van der Waals surface area contributed by atoms with Crippen molar-refractivity contribution in [3.63, 3.8) is 0 Å². The molecule has 0 saturated heterocycles. The molecule has 3 amide bonds. The van der Waals surface area contributed by atoms with Crippen LogP contribution in [0.5, 0.6) is 0 Å². The lowest BCUT2D eigenvalue weighted by Gasteiger charge is -2.33. The maximum absolute atomic E-state index is 12.4. The molecule has 0 radical (unpaired) electrons. The molecule has 8 nitrogen and oxygen atoms in total. The first kappa shape index (κ1) is 22.0. The summed E-state index contributed by atoms with van der Waals surface area (Å²) in [6.07, 6.45) is 5.25. The number of rotatable bonds is 5. The molecule has 2 heterocycles. The van der Waals surface area contributed by atoms with E-state index >= 15 is 0 Å². The fourth-order valence-electron chi connectivity index (χ4n) is 4.23. The van der Waals surface area contributed by atoms with Gasteiger partial charge < -0.3 is 21.7 Å². The van der Waals surface area contributed by atoms with E-state index in [4.69, 9.17) is 17.3 Å². The van der Waals surface area contributed by atoms with Crippen molar-refractivity contribution in [3.05, 3.63) is 53.3 Å². The van der Waals surface area contributed by atoms with Crippen LogP contribution in [0, 0.1) is 11.3 Å². The van der Waals surface area contributed by atoms with E-state index in [0.29, 0.717) is 39.1 Å². The van der Waals surface area contributed by atoms with Gasteiger partial charge in [0, 0.05) is 16.8 Å². The molecular formula is C23H27ClN6O2. The highest BCUT2D eigenvalue weighted by molar-refractivity contribution is 6.30. The molecule has 32 heavy (non-hydrogen) atoms. The number of carbonyl (C=O) groups is 2. The Kier molecular flexibility index (Phi) is 5.73. The van der Waals surface area contributed by atoms with Crippen molar-refractivity contribution in [2.75, 3.05) is 16.0 Å². The minimum absolute atomic E-state index is 0.0569. The van der Waals surface area contributed by atoms with Crippen LogP contribution in [0.4, 0.5) is 21.9 Å². The Balaban J connectivity index is 1.61. The van der Waals surface area contributed by atoms with Gasteiger partial charge in [0.15, 0.2) is 0 Å². The second kappa shape index (κ2) is 8.35. The summed E-state index contributed by atoms with van der Waals surface area (Å²) < 4.78 is 1.62. The zero-order chi connectivity index (χ0) is 23.0. The summed E-state index contributed by atoms with van der Waals surface area (Å²) in [4.78, 5) is 24.5. The van der Waals surface area contributed by atoms with Crippen molar-refractivity contribution < 1.29 is 9.59 Å². The van der Waals surface area contributed by atoms with Crippen LogP contribution in [0.25, 0.3) is 5.52 Å².